The van der Waals surface area contributed by atoms with Gasteiger partial charge in [-0.1, -0.05) is 30.3 Å². The van der Waals surface area contributed by atoms with Gasteiger partial charge in [-0.05, 0) is 11.6 Å². The van der Waals surface area contributed by atoms with Crippen molar-refractivity contribution in [1.29, 1.82) is 0 Å². The molecule has 27 heavy (non-hydrogen) atoms. The molecule has 142 valence electrons. The number of fused-ring (bicyclic) bond motifs is 3. The second-order valence-corrected chi connectivity index (χ2v) is 6.28. The van der Waals surface area contributed by atoms with Gasteiger partial charge >= 0.3 is 0 Å². The van der Waals surface area contributed by atoms with Crippen LogP contribution >= 0.6 is 0 Å². The highest BCUT2D eigenvalue weighted by molar-refractivity contribution is 5.94. The van der Waals surface area contributed by atoms with Crippen LogP contribution in [-0.2, 0) is 9.47 Å². The third-order valence-electron chi connectivity index (χ3n) is 5.00. The molecule has 1 aromatic heterocycles. The van der Waals surface area contributed by atoms with Crippen LogP contribution < -0.4 is 14.2 Å². The Morgan fingerprint density at radius 2 is 1.59 bits per heavy atom. The monoisotopic (exact) mass is 370 g/mol. The summed E-state index contributed by atoms with van der Waals surface area (Å²) in [6.07, 6.45) is 0.489. The van der Waals surface area contributed by atoms with Crippen LogP contribution in [0.4, 0.5) is 0 Å². The van der Waals surface area contributed by atoms with Crippen molar-refractivity contribution >= 4 is 11.0 Å². The zero-order valence-corrected chi connectivity index (χ0v) is 15.7. The zero-order valence-electron chi connectivity index (χ0n) is 15.7. The Bertz CT molecular complexity index is 933. The standard InChI is InChI=1S/C21H22O6/c1-22-18-14-16(13-10-11-26-17(13)21(25-4)19(14)23-2)27-15(20(18)24-3)12-8-6-5-7-9-12/h5-11,15,18,20H,1-4H3/t15-,18+,20+/m0/s1. The average molecular weight is 370 g/mol. The molecule has 0 spiro atoms. The normalized spacial score (nSPS) is 21.6. The molecular weight excluding hydrogens is 348 g/mol. The summed E-state index contributed by atoms with van der Waals surface area (Å²) in [5.41, 5.74) is 2.33. The van der Waals surface area contributed by atoms with Crippen molar-refractivity contribution in [2.45, 2.75) is 18.3 Å². The lowest BCUT2D eigenvalue weighted by Crippen LogP contribution is -2.37. The van der Waals surface area contributed by atoms with Crippen LogP contribution in [0.25, 0.3) is 11.0 Å². The average Bonchev–Trinajstić information content (AvgIpc) is 3.21. The predicted octanol–water partition coefficient (Wildman–Crippen LogP) is 4.29. The van der Waals surface area contributed by atoms with E-state index in [1.807, 2.05) is 36.4 Å². The van der Waals surface area contributed by atoms with Crippen LogP contribution in [0, 0.1) is 0 Å². The van der Waals surface area contributed by atoms with Gasteiger partial charge in [-0.15, -0.1) is 0 Å². The maximum absolute atomic E-state index is 6.47. The van der Waals surface area contributed by atoms with Crippen molar-refractivity contribution in [3.05, 3.63) is 53.8 Å². The van der Waals surface area contributed by atoms with Gasteiger partial charge in [-0.2, -0.15) is 0 Å². The van der Waals surface area contributed by atoms with E-state index >= 15 is 0 Å². The van der Waals surface area contributed by atoms with E-state index in [2.05, 4.69) is 0 Å². The maximum atomic E-state index is 6.47. The van der Waals surface area contributed by atoms with Crippen LogP contribution in [0.2, 0.25) is 0 Å². The van der Waals surface area contributed by atoms with Crippen LogP contribution in [0.15, 0.2) is 47.1 Å². The van der Waals surface area contributed by atoms with E-state index in [0.29, 0.717) is 22.8 Å². The van der Waals surface area contributed by atoms with Crippen LogP contribution in [0.3, 0.4) is 0 Å². The lowest BCUT2D eigenvalue weighted by atomic mass is 9.90. The van der Waals surface area contributed by atoms with Crippen molar-refractivity contribution < 1.29 is 28.1 Å². The first kappa shape index (κ1) is 17.7. The van der Waals surface area contributed by atoms with E-state index in [-0.39, 0.29) is 12.2 Å². The molecule has 1 aliphatic rings. The number of hydrogen-bond donors (Lipinski definition) is 0. The first-order chi connectivity index (χ1) is 13.2. The summed E-state index contributed by atoms with van der Waals surface area (Å²) in [6, 6.07) is 11.8. The van der Waals surface area contributed by atoms with Crippen molar-refractivity contribution in [3.63, 3.8) is 0 Å². The molecule has 0 bridgehead atoms. The predicted molar refractivity (Wildman–Crippen MR) is 99.7 cm³/mol. The highest BCUT2D eigenvalue weighted by atomic mass is 16.6. The van der Waals surface area contributed by atoms with E-state index in [4.69, 9.17) is 28.1 Å². The Morgan fingerprint density at radius 3 is 2.22 bits per heavy atom. The van der Waals surface area contributed by atoms with Crippen LogP contribution in [0.1, 0.15) is 23.3 Å². The molecule has 4 rings (SSSR count). The van der Waals surface area contributed by atoms with Gasteiger partial charge in [0, 0.05) is 14.2 Å². The van der Waals surface area contributed by atoms with Gasteiger partial charge < -0.3 is 28.1 Å². The lowest BCUT2D eigenvalue weighted by Gasteiger charge is -2.39. The number of hydrogen-bond acceptors (Lipinski definition) is 6. The second-order valence-electron chi connectivity index (χ2n) is 6.28. The summed E-state index contributed by atoms with van der Waals surface area (Å²) in [4.78, 5) is 0. The second kappa shape index (κ2) is 7.13. The maximum Gasteiger partial charge on any atom is 0.205 e. The number of methoxy groups -OCH3 is 4. The fourth-order valence-corrected chi connectivity index (χ4v) is 3.83. The molecule has 0 unspecified atom stereocenters. The van der Waals surface area contributed by atoms with Crippen molar-refractivity contribution in [3.8, 4) is 17.2 Å². The molecule has 0 amide bonds. The van der Waals surface area contributed by atoms with E-state index in [1.165, 1.54) is 0 Å². The summed E-state index contributed by atoms with van der Waals surface area (Å²) in [6.45, 7) is 0. The molecule has 0 fully saturated rings. The zero-order chi connectivity index (χ0) is 19.0. The lowest BCUT2D eigenvalue weighted by molar-refractivity contribution is -0.106. The molecule has 6 heteroatoms. The minimum Gasteiger partial charge on any atom is -0.492 e. The Kier molecular flexibility index (Phi) is 4.68. The largest absolute Gasteiger partial charge is 0.492 e. The van der Waals surface area contributed by atoms with Gasteiger partial charge in [-0.25, -0.2) is 0 Å². The van der Waals surface area contributed by atoms with Crippen LogP contribution in [-0.4, -0.2) is 34.5 Å². The minimum atomic E-state index is -0.410. The Hall–Kier alpha value is -2.70. The van der Waals surface area contributed by atoms with Gasteiger partial charge in [0.1, 0.15) is 18.0 Å². The fourth-order valence-electron chi connectivity index (χ4n) is 3.83. The first-order valence-corrected chi connectivity index (χ1v) is 8.67. The molecule has 2 aromatic carbocycles. The van der Waals surface area contributed by atoms with Gasteiger partial charge in [0.25, 0.3) is 0 Å². The van der Waals surface area contributed by atoms with Gasteiger partial charge in [-0.3, -0.25) is 0 Å². The molecule has 2 heterocycles. The molecule has 1 aliphatic heterocycles. The number of benzene rings is 2. The van der Waals surface area contributed by atoms with Crippen molar-refractivity contribution in [2.75, 3.05) is 28.4 Å². The number of furan rings is 1. The summed E-state index contributed by atoms with van der Waals surface area (Å²) >= 11 is 0. The highest BCUT2D eigenvalue weighted by Crippen LogP contribution is 2.55. The third kappa shape index (κ3) is 2.64. The van der Waals surface area contributed by atoms with Crippen LogP contribution in [0.5, 0.6) is 17.2 Å². The minimum absolute atomic E-state index is 0.343. The summed E-state index contributed by atoms with van der Waals surface area (Å²) in [5.74, 6) is 1.69. The molecular formula is C21H22O6. The summed E-state index contributed by atoms with van der Waals surface area (Å²) in [7, 11) is 6.48. The SMILES string of the molecule is COc1c2c(c3ccoc3c1OC)O[C@@H](c1ccccc1)[C@@H](OC)[C@@H]2OC. The van der Waals surface area contributed by atoms with Gasteiger partial charge in [0.05, 0.1) is 31.4 Å². The molecule has 0 aliphatic carbocycles. The van der Waals surface area contributed by atoms with Crippen molar-refractivity contribution in [2.24, 2.45) is 0 Å². The summed E-state index contributed by atoms with van der Waals surface area (Å²) < 4.78 is 35.1. The van der Waals surface area contributed by atoms with Gasteiger partial charge in [0.15, 0.2) is 17.4 Å². The van der Waals surface area contributed by atoms with E-state index in [1.54, 1.807) is 34.7 Å². The van der Waals surface area contributed by atoms with Crippen molar-refractivity contribution in [1.82, 2.24) is 0 Å². The van der Waals surface area contributed by atoms with E-state index in [9.17, 15) is 0 Å². The third-order valence-corrected chi connectivity index (χ3v) is 5.00. The smallest absolute Gasteiger partial charge is 0.205 e. The molecule has 3 aromatic rings. The Labute approximate surface area is 157 Å². The highest BCUT2D eigenvalue weighted by Gasteiger charge is 2.44. The Morgan fingerprint density at radius 1 is 0.852 bits per heavy atom. The number of rotatable bonds is 5. The van der Waals surface area contributed by atoms with E-state index < -0.39 is 6.10 Å². The molecule has 3 atom stereocenters. The van der Waals surface area contributed by atoms with E-state index in [0.717, 1.165) is 16.5 Å². The summed E-state index contributed by atoms with van der Waals surface area (Å²) in [5, 5.41) is 0.806. The first-order valence-electron chi connectivity index (χ1n) is 8.67. The molecule has 0 saturated carbocycles. The quantitative estimate of drug-likeness (QED) is 0.668. The molecule has 0 N–H and O–H groups in total. The molecule has 6 nitrogen and oxygen atoms in total. The van der Waals surface area contributed by atoms with Gasteiger partial charge in [0.2, 0.25) is 5.75 Å². The number of ether oxygens (including phenoxy) is 5. The molecule has 0 radical (unpaired) electrons. The Balaban J connectivity index is 1.99. The topological polar surface area (TPSA) is 59.3 Å². The fraction of sp³-hybridized carbons (Fsp3) is 0.333. The molecule has 0 saturated heterocycles.